The molecule has 2 heteroatoms. The van der Waals surface area contributed by atoms with Crippen LogP contribution in [0.2, 0.25) is 0 Å². The topological polar surface area (TPSA) is 52.0 Å². The van der Waals surface area contributed by atoms with E-state index in [0.29, 0.717) is 0 Å². The van der Waals surface area contributed by atoms with E-state index in [2.05, 4.69) is 18.2 Å². The first-order chi connectivity index (χ1) is 6.75. The van der Waals surface area contributed by atoms with Crippen LogP contribution in [0.5, 0.6) is 0 Å². The molecule has 0 amide bonds. The Balaban J connectivity index is 2.28. The molecule has 2 rings (SSSR count). The largest absolute Gasteiger partial charge is 0.402 e. The van der Waals surface area contributed by atoms with E-state index >= 15 is 0 Å². The minimum absolute atomic E-state index is 0.806. The number of benzene rings is 1. The summed E-state index contributed by atoms with van der Waals surface area (Å²) in [7, 11) is 0. The van der Waals surface area contributed by atoms with Crippen molar-refractivity contribution >= 4 is 11.3 Å². The van der Waals surface area contributed by atoms with Gasteiger partial charge in [-0.05, 0) is 42.2 Å². The van der Waals surface area contributed by atoms with Gasteiger partial charge in [-0.15, -0.1) is 0 Å². The monoisotopic (exact) mass is 186 g/mol. The standard InChI is InChI=1S/C12H14N2/c13-11-5-1-9(2-6-11)10-3-7-12(14)8-4-10/h1-3,5-7H,4,8,13-14H2. The first kappa shape index (κ1) is 8.88. The van der Waals surface area contributed by atoms with Gasteiger partial charge in [-0.1, -0.05) is 18.2 Å². The average molecular weight is 186 g/mol. The van der Waals surface area contributed by atoms with Gasteiger partial charge in [-0.3, -0.25) is 0 Å². The molecule has 0 spiro atoms. The smallest absolute Gasteiger partial charge is 0.0314 e. The fourth-order valence-corrected chi connectivity index (χ4v) is 1.59. The van der Waals surface area contributed by atoms with Crippen molar-refractivity contribution in [2.24, 2.45) is 5.73 Å². The number of hydrogen-bond acceptors (Lipinski definition) is 2. The first-order valence-corrected chi connectivity index (χ1v) is 4.77. The van der Waals surface area contributed by atoms with Crippen LogP contribution in [0, 0.1) is 0 Å². The average Bonchev–Trinajstić information content (AvgIpc) is 2.21. The van der Waals surface area contributed by atoms with Crippen molar-refractivity contribution in [3.8, 4) is 0 Å². The van der Waals surface area contributed by atoms with Crippen molar-refractivity contribution in [1.29, 1.82) is 0 Å². The fraction of sp³-hybridized carbons (Fsp3) is 0.167. The molecular weight excluding hydrogens is 172 g/mol. The molecule has 0 aliphatic heterocycles. The van der Waals surface area contributed by atoms with Gasteiger partial charge in [0.05, 0.1) is 0 Å². The van der Waals surface area contributed by atoms with E-state index in [-0.39, 0.29) is 0 Å². The second kappa shape index (κ2) is 3.58. The van der Waals surface area contributed by atoms with E-state index in [4.69, 9.17) is 11.5 Å². The lowest BCUT2D eigenvalue weighted by Gasteiger charge is -2.12. The SMILES string of the molecule is NC1=CC=C(c2ccc(N)cc2)CC1. The van der Waals surface area contributed by atoms with Crippen molar-refractivity contribution in [3.63, 3.8) is 0 Å². The molecular formula is C12H14N2. The molecule has 1 aliphatic carbocycles. The van der Waals surface area contributed by atoms with Gasteiger partial charge in [0.1, 0.15) is 0 Å². The summed E-state index contributed by atoms with van der Waals surface area (Å²) < 4.78 is 0. The molecule has 0 saturated carbocycles. The van der Waals surface area contributed by atoms with Gasteiger partial charge in [0.15, 0.2) is 0 Å². The van der Waals surface area contributed by atoms with Gasteiger partial charge < -0.3 is 11.5 Å². The summed E-state index contributed by atoms with van der Waals surface area (Å²) in [5, 5.41) is 0. The molecule has 0 atom stereocenters. The van der Waals surface area contributed by atoms with Crippen molar-refractivity contribution in [2.45, 2.75) is 12.8 Å². The van der Waals surface area contributed by atoms with Crippen LogP contribution >= 0.6 is 0 Å². The number of hydrogen-bond donors (Lipinski definition) is 2. The second-order valence-corrected chi connectivity index (χ2v) is 3.56. The van der Waals surface area contributed by atoms with Crippen LogP contribution in [0.4, 0.5) is 5.69 Å². The lowest BCUT2D eigenvalue weighted by molar-refractivity contribution is 0.958. The van der Waals surface area contributed by atoms with Gasteiger partial charge >= 0.3 is 0 Å². The van der Waals surface area contributed by atoms with Crippen LogP contribution in [-0.2, 0) is 0 Å². The van der Waals surface area contributed by atoms with E-state index in [1.54, 1.807) is 0 Å². The molecule has 0 fully saturated rings. The Bertz CT molecular complexity index is 385. The van der Waals surface area contributed by atoms with Gasteiger partial charge in [-0.2, -0.15) is 0 Å². The molecule has 0 radical (unpaired) electrons. The maximum Gasteiger partial charge on any atom is 0.0314 e. The van der Waals surface area contributed by atoms with E-state index in [9.17, 15) is 0 Å². The third kappa shape index (κ3) is 1.79. The zero-order valence-electron chi connectivity index (χ0n) is 8.03. The van der Waals surface area contributed by atoms with Crippen LogP contribution in [0.15, 0.2) is 42.1 Å². The Morgan fingerprint density at radius 2 is 1.57 bits per heavy atom. The molecule has 0 heterocycles. The van der Waals surface area contributed by atoms with Crippen LogP contribution in [-0.4, -0.2) is 0 Å². The number of nitrogen functional groups attached to an aromatic ring is 1. The van der Waals surface area contributed by atoms with E-state index in [0.717, 1.165) is 24.2 Å². The van der Waals surface area contributed by atoms with Crippen LogP contribution in [0.25, 0.3) is 5.57 Å². The fourth-order valence-electron chi connectivity index (χ4n) is 1.59. The summed E-state index contributed by atoms with van der Waals surface area (Å²) >= 11 is 0. The predicted molar refractivity (Wildman–Crippen MR) is 60.3 cm³/mol. The van der Waals surface area contributed by atoms with Gasteiger partial charge in [-0.25, -0.2) is 0 Å². The molecule has 0 bridgehead atoms. The number of rotatable bonds is 1. The number of nitrogens with two attached hydrogens (primary N) is 2. The first-order valence-electron chi connectivity index (χ1n) is 4.77. The van der Waals surface area contributed by atoms with Gasteiger partial charge in [0.2, 0.25) is 0 Å². The molecule has 1 aromatic rings. The van der Waals surface area contributed by atoms with Crippen molar-refractivity contribution < 1.29 is 0 Å². The normalized spacial score (nSPS) is 16.0. The molecule has 14 heavy (non-hydrogen) atoms. The van der Waals surface area contributed by atoms with Crippen LogP contribution in [0.3, 0.4) is 0 Å². The molecule has 0 aromatic heterocycles. The lowest BCUT2D eigenvalue weighted by Crippen LogP contribution is -2.01. The maximum atomic E-state index is 5.70. The highest BCUT2D eigenvalue weighted by Gasteiger charge is 2.05. The van der Waals surface area contributed by atoms with Crippen molar-refractivity contribution in [2.75, 3.05) is 5.73 Å². The number of anilines is 1. The predicted octanol–water partition coefficient (Wildman–Crippen LogP) is 2.29. The van der Waals surface area contributed by atoms with Crippen LogP contribution < -0.4 is 11.5 Å². The summed E-state index contributed by atoms with van der Waals surface area (Å²) in [6.07, 6.45) is 6.04. The molecule has 0 saturated heterocycles. The van der Waals surface area contributed by atoms with Crippen molar-refractivity contribution in [3.05, 3.63) is 47.7 Å². The Morgan fingerprint density at radius 3 is 2.14 bits per heavy atom. The lowest BCUT2D eigenvalue weighted by atomic mass is 9.96. The van der Waals surface area contributed by atoms with Gasteiger partial charge in [0, 0.05) is 11.4 Å². The summed E-state index contributed by atoms with van der Waals surface area (Å²) in [5.74, 6) is 0. The van der Waals surface area contributed by atoms with E-state index < -0.39 is 0 Å². The minimum Gasteiger partial charge on any atom is -0.402 e. The summed E-state index contributed by atoms with van der Waals surface area (Å²) in [6, 6.07) is 7.96. The highest BCUT2D eigenvalue weighted by atomic mass is 14.6. The Morgan fingerprint density at radius 1 is 0.857 bits per heavy atom. The highest BCUT2D eigenvalue weighted by Crippen LogP contribution is 2.25. The molecule has 0 unspecified atom stereocenters. The van der Waals surface area contributed by atoms with Gasteiger partial charge in [0.25, 0.3) is 0 Å². The molecule has 1 aliphatic rings. The zero-order valence-corrected chi connectivity index (χ0v) is 8.03. The highest BCUT2D eigenvalue weighted by molar-refractivity contribution is 5.69. The third-order valence-electron chi connectivity index (χ3n) is 2.46. The molecule has 1 aromatic carbocycles. The minimum atomic E-state index is 0.806. The van der Waals surface area contributed by atoms with E-state index in [1.807, 2.05) is 18.2 Å². The molecule has 4 N–H and O–H groups in total. The summed E-state index contributed by atoms with van der Waals surface area (Å²) in [6.45, 7) is 0. The third-order valence-corrected chi connectivity index (χ3v) is 2.46. The summed E-state index contributed by atoms with van der Waals surface area (Å²) in [4.78, 5) is 0. The second-order valence-electron chi connectivity index (χ2n) is 3.56. The molecule has 72 valence electrons. The summed E-state index contributed by atoms with van der Waals surface area (Å²) in [5.41, 5.74) is 15.7. The Labute approximate surface area is 83.9 Å². The van der Waals surface area contributed by atoms with E-state index in [1.165, 1.54) is 11.1 Å². The van der Waals surface area contributed by atoms with Crippen LogP contribution in [0.1, 0.15) is 18.4 Å². The maximum absolute atomic E-state index is 5.70. The molecule has 2 nitrogen and oxygen atoms in total. The zero-order chi connectivity index (χ0) is 9.97. The Kier molecular flexibility index (Phi) is 2.27. The Hall–Kier alpha value is -1.70. The quantitative estimate of drug-likeness (QED) is 0.661. The number of allylic oxidation sites excluding steroid dienone is 4. The van der Waals surface area contributed by atoms with Crippen molar-refractivity contribution in [1.82, 2.24) is 0 Å².